The van der Waals surface area contributed by atoms with Crippen LogP contribution in [0.4, 0.5) is 17.6 Å². The maximum absolute atomic E-state index is 13.3. The molecule has 2 amide bonds. The van der Waals surface area contributed by atoms with Crippen molar-refractivity contribution in [2.75, 3.05) is 19.6 Å². The summed E-state index contributed by atoms with van der Waals surface area (Å²) in [5, 5.41) is 10.2. The van der Waals surface area contributed by atoms with Crippen LogP contribution in [-0.4, -0.2) is 55.1 Å². The number of hydrogen-bond acceptors (Lipinski definition) is 4. The van der Waals surface area contributed by atoms with Gasteiger partial charge in [0.1, 0.15) is 11.7 Å². The molecule has 0 bridgehead atoms. The van der Waals surface area contributed by atoms with E-state index in [1.54, 1.807) is 0 Å². The molecule has 1 aliphatic rings. The molecular formula is C26H35F4N5O2. The zero-order chi connectivity index (χ0) is 27.7. The summed E-state index contributed by atoms with van der Waals surface area (Å²) in [6, 6.07) is 4.42. The van der Waals surface area contributed by atoms with Gasteiger partial charge in [-0.15, -0.1) is 0 Å². The second-order valence-electron chi connectivity index (χ2n) is 8.62. The molecule has 0 unspecified atom stereocenters. The lowest BCUT2D eigenvalue weighted by Crippen LogP contribution is -2.31. The quantitative estimate of drug-likeness (QED) is 0.121. The van der Waals surface area contributed by atoms with Gasteiger partial charge in [-0.2, -0.15) is 13.2 Å². The number of aliphatic imine (C=N–C) groups is 1. The fourth-order valence-corrected chi connectivity index (χ4v) is 3.47. The van der Waals surface area contributed by atoms with Gasteiger partial charge in [-0.1, -0.05) is 45.1 Å². The lowest BCUT2D eigenvalue weighted by atomic mass is 9.91. The number of nitrogens with one attached hydrogen (secondary N) is 2. The van der Waals surface area contributed by atoms with E-state index in [0.29, 0.717) is 25.3 Å². The Morgan fingerprint density at radius 3 is 2.32 bits per heavy atom. The molecule has 0 saturated heterocycles. The highest BCUT2D eigenvalue weighted by Gasteiger charge is 2.36. The molecule has 1 aromatic rings. The zero-order valence-electron chi connectivity index (χ0n) is 20.9. The monoisotopic (exact) mass is 525 g/mol. The van der Waals surface area contributed by atoms with E-state index in [4.69, 9.17) is 11.1 Å². The topological polar surface area (TPSA) is 112 Å². The van der Waals surface area contributed by atoms with Crippen molar-refractivity contribution >= 4 is 24.4 Å². The summed E-state index contributed by atoms with van der Waals surface area (Å²) in [5.74, 6) is -0.382. The third kappa shape index (κ3) is 13.4. The van der Waals surface area contributed by atoms with Gasteiger partial charge in [0.15, 0.2) is 0 Å². The Hall–Kier alpha value is -3.50. The van der Waals surface area contributed by atoms with Crippen LogP contribution in [0.2, 0.25) is 0 Å². The number of carbonyl (C=O) groups is 2. The number of carbonyl (C=O) groups excluding carboxylic acids is 2. The number of nitrogens with two attached hydrogens (primary N) is 1. The SMILES string of the molecule is CC1CCCCC1.N=C(\C=C(/C(N)=N\C=C\CCN(C=O)CCNC=O)C(F)(F)F)c1ccc(F)cc1. The summed E-state index contributed by atoms with van der Waals surface area (Å²) in [5.41, 5.74) is 3.72. The van der Waals surface area contributed by atoms with Crippen molar-refractivity contribution in [2.24, 2.45) is 16.6 Å². The van der Waals surface area contributed by atoms with Gasteiger partial charge in [0.25, 0.3) is 0 Å². The lowest BCUT2D eigenvalue weighted by Gasteiger charge is -2.15. The number of hydrogen-bond donors (Lipinski definition) is 3. The molecule has 0 atom stereocenters. The van der Waals surface area contributed by atoms with Crippen molar-refractivity contribution in [1.82, 2.24) is 10.2 Å². The molecule has 11 heteroatoms. The average Bonchev–Trinajstić information content (AvgIpc) is 2.86. The number of rotatable bonds is 12. The van der Waals surface area contributed by atoms with Crippen molar-refractivity contribution in [3.63, 3.8) is 0 Å². The fourth-order valence-electron chi connectivity index (χ4n) is 3.47. The van der Waals surface area contributed by atoms with E-state index in [9.17, 15) is 27.2 Å². The highest BCUT2D eigenvalue weighted by atomic mass is 19.4. The number of amides is 2. The van der Waals surface area contributed by atoms with Crippen LogP contribution in [0.25, 0.3) is 0 Å². The summed E-state index contributed by atoms with van der Waals surface area (Å²) in [7, 11) is 0. The fraction of sp³-hybridized carbons (Fsp3) is 0.462. The third-order valence-electron chi connectivity index (χ3n) is 5.60. The zero-order valence-corrected chi connectivity index (χ0v) is 20.9. The van der Waals surface area contributed by atoms with Crippen LogP contribution in [0.5, 0.6) is 0 Å². The predicted molar refractivity (Wildman–Crippen MR) is 137 cm³/mol. The normalized spacial score (nSPS) is 15.1. The van der Waals surface area contributed by atoms with Crippen molar-refractivity contribution in [3.05, 3.63) is 59.6 Å². The number of halogens is 4. The van der Waals surface area contributed by atoms with Gasteiger partial charge in [-0.3, -0.25) is 9.59 Å². The highest BCUT2D eigenvalue weighted by Crippen LogP contribution is 2.26. The minimum Gasteiger partial charge on any atom is -0.383 e. The standard InChI is InChI=1S/C19H21F4N5O2.C7H14/c20-15-5-3-14(4-6-15)17(24)11-16(19(21,22)23)18(25)27-7-1-2-9-28(13-30)10-8-26-12-29;1-7-5-3-2-4-6-7/h1,3-7,11-13,24H,2,8-10H2,(H2,25,27)(H,26,29);7H,2-6H2,1H3/b7-1+,16-11+,24-17?;. The largest absolute Gasteiger partial charge is 0.420 e. The van der Waals surface area contributed by atoms with Gasteiger partial charge in [0, 0.05) is 25.8 Å². The second kappa shape index (κ2) is 17.0. The summed E-state index contributed by atoms with van der Waals surface area (Å²) >= 11 is 0. The Kier molecular flexibility index (Phi) is 14.5. The second-order valence-corrected chi connectivity index (χ2v) is 8.62. The number of benzene rings is 1. The first-order chi connectivity index (χ1) is 17.6. The molecular weight excluding hydrogens is 490 g/mol. The number of allylic oxidation sites excluding steroid dienone is 1. The van der Waals surface area contributed by atoms with Gasteiger partial charge in [0.2, 0.25) is 12.8 Å². The van der Waals surface area contributed by atoms with E-state index in [1.807, 2.05) is 0 Å². The van der Waals surface area contributed by atoms with Crippen LogP contribution in [0.1, 0.15) is 51.0 Å². The summed E-state index contributed by atoms with van der Waals surface area (Å²) in [6.07, 6.45) is 6.99. The summed E-state index contributed by atoms with van der Waals surface area (Å²) in [6.45, 7) is 3.19. The third-order valence-corrected chi connectivity index (χ3v) is 5.60. The molecule has 7 nitrogen and oxygen atoms in total. The van der Waals surface area contributed by atoms with Crippen LogP contribution in [0.15, 0.2) is 53.2 Å². The Morgan fingerprint density at radius 1 is 1.16 bits per heavy atom. The van der Waals surface area contributed by atoms with Crippen LogP contribution in [-0.2, 0) is 9.59 Å². The minimum atomic E-state index is -4.85. The minimum absolute atomic E-state index is 0.0829. The van der Waals surface area contributed by atoms with Crippen LogP contribution in [0, 0.1) is 17.1 Å². The number of nitrogens with zero attached hydrogens (tertiary/aromatic N) is 2. The van der Waals surface area contributed by atoms with Crippen LogP contribution < -0.4 is 11.1 Å². The molecule has 204 valence electrons. The molecule has 4 N–H and O–H groups in total. The molecule has 1 fully saturated rings. The van der Waals surface area contributed by atoms with E-state index in [2.05, 4.69) is 17.2 Å². The number of amidine groups is 1. The van der Waals surface area contributed by atoms with Gasteiger partial charge >= 0.3 is 6.18 Å². The first-order valence-corrected chi connectivity index (χ1v) is 12.1. The first kappa shape index (κ1) is 31.5. The Morgan fingerprint density at radius 2 is 1.81 bits per heavy atom. The predicted octanol–water partition coefficient (Wildman–Crippen LogP) is 4.73. The van der Waals surface area contributed by atoms with Crippen molar-refractivity contribution < 1.29 is 27.2 Å². The van der Waals surface area contributed by atoms with Crippen LogP contribution in [0.3, 0.4) is 0 Å². The van der Waals surface area contributed by atoms with E-state index in [1.165, 1.54) is 55.2 Å². The van der Waals surface area contributed by atoms with Gasteiger partial charge < -0.3 is 21.4 Å². The maximum Gasteiger partial charge on any atom is 0.420 e. The molecule has 1 saturated carbocycles. The molecule has 0 heterocycles. The lowest BCUT2D eigenvalue weighted by molar-refractivity contribution is -0.118. The van der Waals surface area contributed by atoms with E-state index < -0.39 is 29.1 Å². The van der Waals surface area contributed by atoms with Crippen molar-refractivity contribution in [2.45, 2.75) is 51.6 Å². The van der Waals surface area contributed by atoms with E-state index in [-0.39, 0.29) is 25.2 Å². The molecule has 1 aliphatic carbocycles. The molecule has 2 rings (SSSR count). The Balaban J connectivity index is 0.000000836. The number of alkyl halides is 3. The van der Waals surface area contributed by atoms with Gasteiger partial charge in [-0.05, 0) is 48.2 Å². The summed E-state index contributed by atoms with van der Waals surface area (Å²) < 4.78 is 52.8. The van der Waals surface area contributed by atoms with Crippen molar-refractivity contribution in [3.8, 4) is 0 Å². The van der Waals surface area contributed by atoms with Crippen LogP contribution >= 0.6 is 0 Å². The van der Waals surface area contributed by atoms with Gasteiger partial charge in [-0.25, -0.2) is 9.38 Å². The Bertz CT molecular complexity index is 937. The smallest absolute Gasteiger partial charge is 0.383 e. The molecule has 0 aliphatic heterocycles. The molecule has 37 heavy (non-hydrogen) atoms. The average molecular weight is 526 g/mol. The summed E-state index contributed by atoms with van der Waals surface area (Å²) in [4.78, 5) is 26.0. The van der Waals surface area contributed by atoms with Gasteiger partial charge in [0.05, 0.1) is 11.3 Å². The van der Waals surface area contributed by atoms with E-state index in [0.717, 1.165) is 24.3 Å². The molecule has 1 aromatic carbocycles. The highest BCUT2D eigenvalue weighted by molar-refractivity contribution is 6.12. The molecule has 0 spiro atoms. The maximum atomic E-state index is 13.3. The molecule has 0 aromatic heterocycles. The molecule has 0 radical (unpaired) electrons. The Labute approximate surface area is 215 Å². The first-order valence-electron chi connectivity index (χ1n) is 12.1. The van der Waals surface area contributed by atoms with E-state index >= 15 is 0 Å². The van der Waals surface area contributed by atoms with Crippen molar-refractivity contribution in [1.29, 1.82) is 5.41 Å².